The molecule has 5 nitrogen and oxygen atoms in total. The summed E-state index contributed by atoms with van der Waals surface area (Å²) >= 11 is 0. The van der Waals surface area contributed by atoms with Gasteiger partial charge in [-0.05, 0) is 82.6 Å². The van der Waals surface area contributed by atoms with Gasteiger partial charge < -0.3 is 15.5 Å². The van der Waals surface area contributed by atoms with E-state index in [9.17, 15) is 9.59 Å². The van der Waals surface area contributed by atoms with E-state index < -0.39 is 0 Å². The zero-order chi connectivity index (χ0) is 20.0. The van der Waals surface area contributed by atoms with Crippen LogP contribution < -0.4 is 15.5 Å². The van der Waals surface area contributed by atoms with E-state index in [0.29, 0.717) is 11.1 Å². The minimum atomic E-state index is -0.190. The smallest absolute Gasteiger partial charge is 0.255 e. The number of hydrogen-bond acceptors (Lipinski definition) is 3. The molecule has 0 aliphatic carbocycles. The third-order valence-electron chi connectivity index (χ3n) is 4.42. The van der Waals surface area contributed by atoms with Crippen molar-refractivity contribution in [3.05, 3.63) is 59.2 Å². The Bertz CT molecular complexity index is 794. The van der Waals surface area contributed by atoms with E-state index in [-0.39, 0.29) is 17.9 Å². The fraction of sp³-hybridized carbons (Fsp3) is 0.364. The average Bonchev–Trinajstić information content (AvgIpc) is 2.64. The van der Waals surface area contributed by atoms with Gasteiger partial charge in [0.25, 0.3) is 11.8 Å². The second-order valence-electron chi connectivity index (χ2n) is 6.83. The Labute approximate surface area is 161 Å². The van der Waals surface area contributed by atoms with Crippen LogP contribution in [0.5, 0.6) is 0 Å². The van der Waals surface area contributed by atoms with E-state index in [2.05, 4.69) is 35.4 Å². The van der Waals surface area contributed by atoms with Gasteiger partial charge in [-0.25, -0.2) is 0 Å². The van der Waals surface area contributed by atoms with E-state index in [1.165, 1.54) is 0 Å². The summed E-state index contributed by atoms with van der Waals surface area (Å²) in [6.45, 7) is 11.9. The fourth-order valence-electron chi connectivity index (χ4n) is 2.89. The lowest BCUT2D eigenvalue weighted by molar-refractivity contribution is 0.0941. The molecule has 2 amide bonds. The van der Waals surface area contributed by atoms with Gasteiger partial charge in [0.05, 0.1) is 0 Å². The maximum Gasteiger partial charge on any atom is 0.255 e. The molecular formula is C22H29N3O2. The number of aryl methyl sites for hydroxylation is 1. The second kappa shape index (κ2) is 9.21. The Balaban J connectivity index is 2.10. The highest BCUT2D eigenvalue weighted by molar-refractivity contribution is 6.05. The number of carbonyl (C=O) groups is 2. The van der Waals surface area contributed by atoms with Crippen molar-refractivity contribution in [2.45, 2.75) is 40.7 Å². The molecule has 0 aliphatic heterocycles. The normalized spacial score (nSPS) is 10.6. The average molecular weight is 367 g/mol. The van der Waals surface area contributed by atoms with Crippen molar-refractivity contribution in [1.82, 2.24) is 5.32 Å². The molecule has 2 rings (SSSR count). The molecule has 2 aromatic rings. The Morgan fingerprint density at radius 1 is 0.926 bits per heavy atom. The minimum Gasteiger partial charge on any atom is -0.372 e. The van der Waals surface area contributed by atoms with Gasteiger partial charge in [-0.2, -0.15) is 0 Å². The standard InChI is InChI=1S/C22H29N3O2/c1-6-25(7-2)19-12-13-20(16(5)14-19)24-22(27)18-10-8-17(9-11-18)21(26)23-15(3)4/h8-15H,6-7H2,1-5H3,(H,23,26)(H,24,27). The van der Waals surface area contributed by atoms with Crippen LogP contribution in [0.4, 0.5) is 11.4 Å². The van der Waals surface area contributed by atoms with Gasteiger partial charge in [0.1, 0.15) is 0 Å². The monoisotopic (exact) mass is 367 g/mol. The van der Waals surface area contributed by atoms with Gasteiger partial charge in [0, 0.05) is 41.6 Å². The van der Waals surface area contributed by atoms with Crippen LogP contribution in [0.3, 0.4) is 0 Å². The molecule has 0 atom stereocenters. The summed E-state index contributed by atoms with van der Waals surface area (Å²) in [7, 11) is 0. The number of amides is 2. The number of nitrogens with zero attached hydrogens (tertiary/aromatic N) is 1. The van der Waals surface area contributed by atoms with E-state index in [4.69, 9.17) is 0 Å². The Morgan fingerprint density at radius 3 is 1.96 bits per heavy atom. The first-order valence-corrected chi connectivity index (χ1v) is 9.43. The van der Waals surface area contributed by atoms with Gasteiger partial charge in [-0.1, -0.05) is 0 Å². The Hall–Kier alpha value is -2.82. The molecule has 0 saturated carbocycles. The van der Waals surface area contributed by atoms with Gasteiger partial charge in [0.2, 0.25) is 0 Å². The molecule has 0 bridgehead atoms. The molecule has 0 aromatic heterocycles. The summed E-state index contributed by atoms with van der Waals surface area (Å²) < 4.78 is 0. The van der Waals surface area contributed by atoms with Crippen molar-refractivity contribution < 1.29 is 9.59 Å². The van der Waals surface area contributed by atoms with Gasteiger partial charge >= 0.3 is 0 Å². The summed E-state index contributed by atoms with van der Waals surface area (Å²) in [6, 6.07) is 12.8. The number of rotatable bonds is 7. The van der Waals surface area contributed by atoms with E-state index in [1.54, 1.807) is 24.3 Å². The quantitative estimate of drug-likeness (QED) is 0.770. The molecular weight excluding hydrogens is 338 g/mol. The number of benzene rings is 2. The van der Waals surface area contributed by atoms with Crippen molar-refractivity contribution in [2.24, 2.45) is 0 Å². The SMILES string of the molecule is CCN(CC)c1ccc(NC(=O)c2ccc(C(=O)NC(C)C)cc2)c(C)c1. The minimum absolute atomic E-state index is 0.0720. The zero-order valence-electron chi connectivity index (χ0n) is 16.8. The van der Waals surface area contributed by atoms with Crippen LogP contribution in [0.2, 0.25) is 0 Å². The first-order chi connectivity index (χ1) is 12.8. The lowest BCUT2D eigenvalue weighted by atomic mass is 10.1. The highest BCUT2D eigenvalue weighted by Gasteiger charge is 2.12. The number of carbonyl (C=O) groups excluding carboxylic acids is 2. The third-order valence-corrected chi connectivity index (χ3v) is 4.42. The molecule has 5 heteroatoms. The van der Waals surface area contributed by atoms with Crippen LogP contribution in [0.15, 0.2) is 42.5 Å². The van der Waals surface area contributed by atoms with Gasteiger partial charge in [-0.3, -0.25) is 9.59 Å². The second-order valence-corrected chi connectivity index (χ2v) is 6.83. The largest absolute Gasteiger partial charge is 0.372 e. The molecule has 27 heavy (non-hydrogen) atoms. The molecule has 0 aliphatic rings. The van der Waals surface area contributed by atoms with Crippen LogP contribution in [-0.4, -0.2) is 30.9 Å². The van der Waals surface area contributed by atoms with Crippen LogP contribution >= 0.6 is 0 Å². The molecule has 0 heterocycles. The van der Waals surface area contributed by atoms with E-state index >= 15 is 0 Å². The maximum absolute atomic E-state index is 12.5. The molecule has 0 fully saturated rings. The highest BCUT2D eigenvalue weighted by Crippen LogP contribution is 2.23. The van der Waals surface area contributed by atoms with Crippen molar-refractivity contribution >= 4 is 23.2 Å². The molecule has 0 spiro atoms. The highest BCUT2D eigenvalue weighted by atomic mass is 16.2. The van der Waals surface area contributed by atoms with Crippen molar-refractivity contribution in [1.29, 1.82) is 0 Å². The van der Waals surface area contributed by atoms with Crippen LogP contribution in [-0.2, 0) is 0 Å². The summed E-state index contributed by atoms with van der Waals surface area (Å²) in [5, 5.41) is 5.79. The lowest BCUT2D eigenvalue weighted by Crippen LogP contribution is -2.30. The molecule has 0 saturated heterocycles. The summed E-state index contributed by atoms with van der Waals surface area (Å²) in [5.41, 5.74) is 4.01. The predicted octanol–water partition coefficient (Wildman–Crippen LogP) is 4.23. The fourth-order valence-corrected chi connectivity index (χ4v) is 2.89. The molecule has 0 radical (unpaired) electrons. The predicted molar refractivity (Wildman–Crippen MR) is 112 cm³/mol. The van der Waals surface area contributed by atoms with Crippen LogP contribution in [0.25, 0.3) is 0 Å². The zero-order valence-corrected chi connectivity index (χ0v) is 16.8. The third kappa shape index (κ3) is 5.33. The van der Waals surface area contributed by atoms with E-state index in [1.807, 2.05) is 32.9 Å². The number of hydrogen-bond donors (Lipinski definition) is 2. The first-order valence-electron chi connectivity index (χ1n) is 9.43. The summed E-state index contributed by atoms with van der Waals surface area (Å²) in [6.07, 6.45) is 0. The molecule has 144 valence electrons. The first kappa shape index (κ1) is 20.5. The maximum atomic E-state index is 12.5. The topological polar surface area (TPSA) is 61.4 Å². The van der Waals surface area contributed by atoms with Crippen LogP contribution in [0.1, 0.15) is 54.0 Å². The van der Waals surface area contributed by atoms with Crippen LogP contribution in [0, 0.1) is 6.92 Å². The lowest BCUT2D eigenvalue weighted by Gasteiger charge is -2.22. The van der Waals surface area contributed by atoms with Crippen molar-refractivity contribution in [2.75, 3.05) is 23.3 Å². The Kier molecular flexibility index (Phi) is 6.99. The Morgan fingerprint density at radius 2 is 1.48 bits per heavy atom. The van der Waals surface area contributed by atoms with Crippen molar-refractivity contribution in [3.63, 3.8) is 0 Å². The van der Waals surface area contributed by atoms with E-state index in [0.717, 1.165) is 30.0 Å². The molecule has 2 N–H and O–H groups in total. The number of anilines is 2. The van der Waals surface area contributed by atoms with Crippen molar-refractivity contribution in [3.8, 4) is 0 Å². The molecule has 2 aromatic carbocycles. The molecule has 0 unspecified atom stereocenters. The van der Waals surface area contributed by atoms with Gasteiger partial charge in [0.15, 0.2) is 0 Å². The summed E-state index contributed by atoms with van der Waals surface area (Å²) in [5.74, 6) is -0.329. The number of nitrogens with one attached hydrogen (secondary N) is 2. The summed E-state index contributed by atoms with van der Waals surface area (Å²) in [4.78, 5) is 26.8. The van der Waals surface area contributed by atoms with Gasteiger partial charge in [-0.15, -0.1) is 0 Å².